The molecule has 0 bridgehead atoms. The van der Waals surface area contributed by atoms with E-state index >= 15 is 0 Å². The standard InChI is InChI=1S/C20H18F3N3O2S2/c1-28-14-6-4-13(5-7-14)16-11-17(20(21,22)23)26-19(25-16)30-10-8-18(27)24-12-15-3-2-9-29-15/h2-7,9,11H,8,10,12H2,1H3,(H,24,27). The van der Waals surface area contributed by atoms with Crippen LogP contribution in [0.2, 0.25) is 0 Å². The van der Waals surface area contributed by atoms with Crippen molar-refractivity contribution in [1.29, 1.82) is 0 Å². The van der Waals surface area contributed by atoms with Crippen molar-refractivity contribution < 1.29 is 22.7 Å². The number of carbonyl (C=O) groups is 1. The molecule has 0 aliphatic heterocycles. The van der Waals surface area contributed by atoms with E-state index in [4.69, 9.17) is 4.74 Å². The lowest BCUT2D eigenvalue weighted by molar-refractivity contribution is -0.141. The van der Waals surface area contributed by atoms with Crippen LogP contribution in [-0.2, 0) is 17.5 Å². The first kappa shape index (κ1) is 22.1. The zero-order chi connectivity index (χ0) is 21.6. The van der Waals surface area contributed by atoms with E-state index in [-0.39, 0.29) is 28.9 Å². The molecule has 2 aromatic heterocycles. The fourth-order valence-corrected chi connectivity index (χ4v) is 3.91. The number of methoxy groups -OCH3 is 1. The van der Waals surface area contributed by atoms with E-state index in [9.17, 15) is 18.0 Å². The number of hydrogen-bond donors (Lipinski definition) is 1. The highest BCUT2D eigenvalue weighted by Gasteiger charge is 2.33. The molecule has 0 atom stereocenters. The number of carbonyl (C=O) groups excluding carboxylic acids is 1. The zero-order valence-corrected chi connectivity index (χ0v) is 17.5. The third-order valence-corrected chi connectivity index (χ3v) is 5.71. The Morgan fingerprint density at radius 3 is 2.60 bits per heavy atom. The number of aromatic nitrogens is 2. The summed E-state index contributed by atoms with van der Waals surface area (Å²) in [6.07, 6.45) is -4.45. The topological polar surface area (TPSA) is 64.1 Å². The molecule has 1 aromatic carbocycles. The van der Waals surface area contributed by atoms with Crippen LogP contribution in [0.15, 0.2) is 53.0 Å². The molecule has 10 heteroatoms. The fourth-order valence-electron chi connectivity index (χ4n) is 2.47. The summed E-state index contributed by atoms with van der Waals surface area (Å²) in [5.41, 5.74) is -0.350. The van der Waals surface area contributed by atoms with E-state index < -0.39 is 11.9 Å². The number of ether oxygens (including phenoxy) is 1. The van der Waals surface area contributed by atoms with Gasteiger partial charge in [0.05, 0.1) is 19.3 Å². The van der Waals surface area contributed by atoms with Crippen molar-refractivity contribution in [3.8, 4) is 17.0 Å². The number of halogens is 3. The SMILES string of the molecule is COc1ccc(-c2cc(C(F)(F)F)nc(SCCC(=O)NCc3cccs3)n2)cc1. The van der Waals surface area contributed by atoms with Gasteiger partial charge in [-0.2, -0.15) is 13.2 Å². The average molecular weight is 454 g/mol. The maximum absolute atomic E-state index is 13.3. The van der Waals surface area contributed by atoms with Crippen LogP contribution in [0.5, 0.6) is 5.75 Å². The summed E-state index contributed by atoms with van der Waals surface area (Å²) in [6.45, 7) is 0.433. The number of nitrogens with one attached hydrogen (secondary N) is 1. The second-order valence-electron chi connectivity index (χ2n) is 6.10. The molecule has 0 spiro atoms. The molecule has 3 rings (SSSR count). The monoisotopic (exact) mass is 453 g/mol. The Balaban J connectivity index is 1.67. The van der Waals surface area contributed by atoms with Gasteiger partial charge in [-0.3, -0.25) is 4.79 Å². The minimum Gasteiger partial charge on any atom is -0.497 e. The molecular weight excluding hydrogens is 435 g/mol. The summed E-state index contributed by atoms with van der Waals surface area (Å²) in [5.74, 6) is 0.671. The first-order valence-electron chi connectivity index (χ1n) is 8.88. The number of alkyl halides is 3. The molecule has 0 saturated carbocycles. The van der Waals surface area contributed by atoms with Gasteiger partial charge in [0.15, 0.2) is 5.16 Å². The quantitative estimate of drug-likeness (QED) is 0.383. The van der Waals surface area contributed by atoms with Crippen molar-refractivity contribution >= 4 is 29.0 Å². The third kappa shape index (κ3) is 6.20. The lowest BCUT2D eigenvalue weighted by Crippen LogP contribution is -2.22. The molecule has 30 heavy (non-hydrogen) atoms. The number of hydrogen-bond acceptors (Lipinski definition) is 6. The van der Waals surface area contributed by atoms with Crippen LogP contribution < -0.4 is 10.1 Å². The van der Waals surface area contributed by atoms with Gasteiger partial charge >= 0.3 is 6.18 Å². The Kier molecular flexibility index (Phi) is 7.33. The highest BCUT2D eigenvalue weighted by atomic mass is 32.2. The molecule has 2 heterocycles. The summed E-state index contributed by atoms with van der Waals surface area (Å²) in [7, 11) is 1.51. The van der Waals surface area contributed by atoms with E-state index in [1.165, 1.54) is 18.4 Å². The average Bonchev–Trinajstić information content (AvgIpc) is 3.25. The van der Waals surface area contributed by atoms with E-state index in [0.29, 0.717) is 17.9 Å². The molecule has 158 valence electrons. The van der Waals surface area contributed by atoms with Gasteiger partial charge in [-0.05, 0) is 41.8 Å². The highest BCUT2D eigenvalue weighted by molar-refractivity contribution is 7.99. The van der Waals surface area contributed by atoms with Crippen molar-refractivity contribution in [3.05, 3.63) is 58.4 Å². The van der Waals surface area contributed by atoms with Crippen molar-refractivity contribution in [3.63, 3.8) is 0 Å². The molecule has 0 saturated heterocycles. The lowest BCUT2D eigenvalue weighted by atomic mass is 10.1. The number of amides is 1. The molecule has 5 nitrogen and oxygen atoms in total. The van der Waals surface area contributed by atoms with Crippen molar-refractivity contribution in [2.75, 3.05) is 12.9 Å². The number of benzene rings is 1. The number of rotatable bonds is 8. The molecule has 0 fully saturated rings. The summed E-state index contributed by atoms with van der Waals surface area (Å²) in [6, 6.07) is 11.3. The predicted molar refractivity (Wildman–Crippen MR) is 111 cm³/mol. The van der Waals surface area contributed by atoms with Gasteiger partial charge in [-0.25, -0.2) is 9.97 Å². The Hall–Kier alpha value is -2.59. The summed E-state index contributed by atoms with van der Waals surface area (Å²) in [5, 5.41) is 4.67. The van der Waals surface area contributed by atoms with Crippen LogP contribution in [-0.4, -0.2) is 28.7 Å². The maximum Gasteiger partial charge on any atom is 0.433 e. The van der Waals surface area contributed by atoms with Crippen molar-refractivity contribution in [1.82, 2.24) is 15.3 Å². The lowest BCUT2D eigenvalue weighted by Gasteiger charge is -2.11. The van der Waals surface area contributed by atoms with E-state index in [1.54, 1.807) is 24.3 Å². The molecule has 0 aliphatic rings. The molecular formula is C20H18F3N3O2S2. The van der Waals surface area contributed by atoms with Crippen LogP contribution in [0, 0.1) is 0 Å². The van der Waals surface area contributed by atoms with Gasteiger partial charge in [0.2, 0.25) is 5.91 Å². The minimum absolute atomic E-state index is 0.0262. The maximum atomic E-state index is 13.3. The van der Waals surface area contributed by atoms with Gasteiger partial charge in [-0.1, -0.05) is 17.8 Å². The Morgan fingerprint density at radius 1 is 1.20 bits per heavy atom. The fraction of sp³-hybridized carbons (Fsp3) is 0.250. The van der Waals surface area contributed by atoms with Gasteiger partial charge in [0.25, 0.3) is 0 Å². The van der Waals surface area contributed by atoms with Gasteiger partial charge in [0, 0.05) is 22.6 Å². The second kappa shape index (κ2) is 9.94. The van der Waals surface area contributed by atoms with E-state index in [0.717, 1.165) is 22.7 Å². The largest absolute Gasteiger partial charge is 0.497 e. The molecule has 0 aliphatic carbocycles. The normalized spacial score (nSPS) is 11.3. The molecule has 0 radical (unpaired) electrons. The smallest absolute Gasteiger partial charge is 0.433 e. The Bertz CT molecular complexity index is 978. The summed E-state index contributed by atoms with van der Waals surface area (Å²) >= 11 is 2.55. The first-order valence-corrected chi connectivity index (χ1v) is 10.7. The summed E-state index contributed by atoms with van der Waals surface area (Å²) < 4.78 is 44.9. The van der Waals surface area contributed by atoms with Crippen molar-refractivity contribution in [2.24, 2.45) is 0 Å². The third-order valence-electron chi connectivity index (χ3n) is 3.98. The molecule has 1 N–H and O–H groups in total. The first-order chi connectivity index (χ1) is 14.3. The minimum atomic E-state index is -4.60. The van der Waals surface area contributed by atoms with Crippen LogP contribution in [0.4, 0.5) is 13.2 Å². The number of thiophene rings is 1. The van der Waals surface area contributed by atoms with Gasteiger partial charge in [0.1, 0.15) is 11.4 Å². The van der Waals surface area contributed by atoms with Gasteiger partial charge in [-0.15, -0.1) is 11.3 Å². The Labute approximate surface area is 179 Å². The van der Waals surface area contributed by atoms with Gasteiger partial charge < -0.3 is 10.1 Å². The van der Waals surface area contributed by atoms with Crippen LogP contribution in [0.1, 0.15) is 17.0 Å². The number of nitrogens with zero attached hydrogens (tertiary/aromatic N) is 2. The molecule has 3 aromatic rings. The Morgan fingerprint density at radius 2 is 1.97 bits per heavy atom. The van der Waals surface area contributed by atoms with Crippen molar-refractivity contribution in [2.45, 2.75) is 24.3 Å². The molecule has 0 unspecified atom stereocenters. The molecule has 1 amide bonds. The predicted octanol–water partition coefficient (Wildman–Crippen LogP) is 5.03. The second-order valence-corrected chi connectivity index (χ2v) is 8.20. The van der Waals surface area contributed by atoms with Crippen LogP contribution in [0.3, 0.4) is 0 Å². The zero-order valence-electron chi connectivity index (χ0n) is 15.9. The number of thioether (sulfide) groups is 1. The highest BCUT2D eigenvalue weighted by Crippen LogP contribution is 2.32. The van der Waals surface area contributed by atoms with Crippen LogP contribution >= 0.6 is 23.1 Å². The van der Waals surface area contributed by atoms with E-state index in [1.807, 2.05) is 17.5 Å². The van der Waals surface area contributed by atoms with Crippen LogP contribution in [0.25, 0.3) is 11.3 Å². The van der Waals surface area contributed by atoms with E-state index in [2.05, 4.69) is 15.3 Å². The summed E-state index contributed by atoms with van der Waals surface area (Å²) in [4.78, 5) is 20.8.